The minimum absolute atomic E-state index is 0.0313. The Hall–Kier alpha value is -2.57. The molecule has 6 heteroatoms. The summed E-state index contributed by atoms with van der Waals surface area (Å²) in [5, 5.41) is 3.07. The number of nitrogens with one attached hydrogen (secondary N) is 1. The van der Waals surface area contributed by atoms with Gasteiger partial charge in [0.05, 0.1) is 5.75 Å². The Bertz CT molecular complexity index is 1120. The van der Waals surface area contributed by atoms with Gasteiger partial charge in [-0.3, -0.25) is 9.59 Å². The van der Waals surface area contributed by atoms with Crippen molar-refractivity contribution in [2.24, 2.45) is 5.92 Å². The largest absolute Gasteiger partial charge is 0.354 e. The number of rotatable bonds is 12. The molecule has 0 heterocycles. The SMILES string of the molecule is Cc1cccc(CSCC(=O)N(Cc2ccc(Br)cc2)[C@H](Cc2ccccc2)C(=O)NCC(C)C)c1. The molecule has 36 heavy (non-hydrogen) atoms. The first-order valence-corrected chi connectivity index (χ1v) is 14.3. The van der Waals surface area contributed by atoms with E-state index in [-0.39, 0.29) is 11.8 Å². The number of carbonyl (C=O) groups excluding carboxylic acids is 2. The molecular weight excluding hydrogens is 532 g/mol. The number of hydrogen-bond donors (Lipinski definition) is 1. The predicted octanol–water partition coefficient (Wildman–Crippen LogP) is 6.40. The highest BCUT2D eigenvalue weighted by molar-refractivity contribution is 9.10. The van der Waals surface area contributed by atoms with Crippen LogP contribution in [0.3, 0.4) is 0 Å². The fourth-order valence-corrected chi connectivity index (χ4v) is 5.03. The molecule has 0 fully saturated rings. The van der Waals surface area contributed by atoms with Gasteiger partial charge in [0.2, 0.25) is 11.8 Å². The van der Waals surface area contributed by atoms with Gasteiger partial charge in [-0.05, 0) is 41.7 Å². The van der Waals surface area contributed by atoms with Gasteiger partial charge in [-0.1, -0.05) is 102 Å². The van der Waals surface area contributed by atoms with E-state index in [0.717, 1.165) is 21.4 Å². The molecule has 2 amide bonds. The maximum Gasteiger partial charge on any atom is 0.243 e. The van der Waals surface area contributed by atoms with Crippen molar-refractivity contribution in [3.63, 3.8) is 0 Å². The van der Waals surface area contributed by atoms with Crippen molar-refractivity contribution in [3.8, 4) is 0 Å². The van der Waals surface area contributed by atoms with Gasteiger partial charge in [-0.15, -0.1) is 11.8 Å². The van der Waals surface area contributed by atoms with Crippen LogP contribution in [0.1, 0.15) is 36.1 Å². The Balaban J connectivity index is 1.83. The number of thioether (sulfide) groups is 1. The summed E-state index contributed by atoms with van der Waals surface area (Å²) in [7, 11) is 0. The summed E-state index contributed by atoms with van der Waals surface area (Å²) in [4.78, 5) is 28.9. The number of aryl methyl sites for hydroxylation is 1. The molecule has 3 aromatic carbocycles. The van der Waals surface area contributed by atoms with Gasteiger partial charge in [0, 0.05) is 29.7 Å². The minimum Gasteiger partial charge on any atom is -0.354 e. The highest BCUT2D eigenvalue weighted by Gasteiger charge is 2.30. The van der Waals surface area contributed by atoms with Crippen LogP contribution < -0.4 is 5.32 Å². The van der Waals surface area contributed by atoms with Gasteiger partial charge in [-0.25, -0.2) is 0 Å². The van der Waals surface area contributed by atoms with E-state index in [9.17, 15) is 9.59 Å². The van der Waals surface area contributed by atoms with Crippen LogP contribution in [-0.2, 0) is 28.3 Å². The Morgan fingerprint density at radius 2 is 1.61 bits per heavy atom. The molecule has 0 bridgehead atoms. The van der Waals surface area contributed by atoms with E-state index >= 15 is 0 Å². The lowest BCUT2D eigenvalue weighted by Crippen LogP contribution is -2.51. The zero-order valence-corrected chi connectivity index (χ0v) is 23.6. The molecule has 0 saturated carbocycles. The molecule has 0 unspecified atom stereocenters. The van der Waals surface area contributed by atoms with Gasteiger partial charge in [0.15, 0.2) is 0 Å². The summed E-state index contributed by atoms with van der Waals surface area (Å²) in [6, 6.07) is 25.6. The molecule has 0 radical (unpaired) electrons. The van der Waals surface area contributed by atoms with Gasteiger partial charge in [0.25, 0.3) is 0 Å². The number of nitrogens with zero attached hydrogens (tertiary/aromatic N) is 1. The van der Waals surface area contributed by atoms with E-state index in [1.807, 2.05) is 60.7 Å². The summed E-state index contributed by atoms with van der Waals surface area (Å²) in [5.74, 6) is 1.25. The second-order valence-electron chi connectivity index (χ2n) is 9.47. The zero-order valence-electron chi connectivity index (χ0n) is 21.2. The topological polar surface area (TPSA) is 49.4 Å². The van der Waals surface area contributed by atoms with E-state index in [1.165, 1.54) is 11.1 Å². The van der Waals surface area contributed by atoms with E-state index in [2.05, 4.69) is 60.2 Å². The Morgan fingerprint density at radius 3 is 2.28 bits per heavy atom. The maximum absolute atomic E-state index is 13.7. The summed E-state index contributed by atoms with van der Waals surface area (Å²) < 4.78 is 0.980. The normalized spacial score (nSPS) is 11.8. The summed E-state index contributed by atoms with van der Waals surface area (Å²) in [6.07, 6.45) is 0.468. The summed E-state index contributed by atoms with van der Waals surface area (Å²) in [6.45, 7) is 7.16. The van der Waals surface area contributed by atoms with Crippen LogP contribution in [0.25, 0.3) is 0 Å². The van der Waals surface area contributed by atoms with Crippen LogP contribution in [0.2, 0.25) is 0 Å². The molecule has 0 aromatic heterocycles. The molecule has 0 saturated heterocycles. The van der Waals surface area contributed by atoms with Crippen molar-refractivity contribution in [2.45, 2.75) is 45.5 Å². The monoisotopic (exact) mass is 566 g/mol. The fraction of sp³-hybridized carbons (Fsp3) is 0.333. The Kier molecular flexibility index (Phi) is 11.1. The number of carbonyl (C=O) groups is 2. The standard InChI is InChI=1S/C30H35BrN2O2S/c1-22(2)18-32-30(35)28(17-24-9-5-4-6-10-24)33(19-25-12-14-27(31)15-13-25)29(34)21-36-20-26-11-7-8-23(3)16-26/h4-16,22,28H,17-21H2,1-3H3,(H,32,35)/t28-/m1/s1. The lowest BCUT2D eigenvalue weighted by molar-refractivity contribution is -0.139. The quantitative estimate of drug-likeness (QED) is 0.276. The second-order valence-corrected chi connectivity index (χ2v) is 11.4. The summed E-state index contributed by atoms with van der Waals surface area (Å²) >= 11 is 5.07. The van der Waals surface area contributed by atoms with Crippen LogP contribution in [0.5, 0.6) is 0 Å². The molecule has 3 rings (SSSR count). The zero-order chi connectivity index (χ0) is 25.9. The Labute approximate surface area is 228 Å². The number of hydrogen-bond acceptors (Lipinski definition) is 3. The summed E-state index contributed by atoms with van der Waals surface area (Å²) in [5.41, 5.74) is 4.43. The van der Waals surface area contributed by atoms with E-state index < -0.39 is 6.04 Å². The molecule has 190 valence electrons. The average molecular weight is 568 g/mol. The molecule has 3 aromatic rings. The second kappa shape index (κ2) is 14.2. The molecule has 0 spiro atoms. The molecule has 4 nitrogen and oxygen atoms in total. The highest BCUT2D eigenvalue weighted by Crippen LogP contribution is 2.20. The molecule has 0 aliphatic rings. The third-order valence-electron chi connectivity index (χ3n) is 5.80. The lowest BCUT2D eigenvalue weighted by Gasteiger charge is -2.32. The molecule has 1 N–H and O–H groups in total. The van der Waals surface area contributed by atoms with Gasteiger partial charge < -0.3 is 10.2 Å². The third-order valence-corrected chi connectivity index (χ3v) is 7.32. The Morgan fingerprint density at radius 1 is 0.917 bits per heavy atom. The lowest BCUT2D eigenvalue weighted by atomic mass is 10.0. The van der Waals surface area contributed by atoms with E-state index in [4.69, 9.17) is 0 Å². The van der Waals surface area contributed by atoms with Crippen LogP contribution in [0.15, 0.2) is 83.3 Å². The van der Waals surface area contributed by atoms with Crippen molar-refractivity contribution in [3.05, 3.63) is 106 Å². The van der Waals surface area contributed by atoms with Crippen LogP contribution in [0.4, 0.5) is 0 Å². The smallest absolute Gasteiger partial charge is 0.243 e. The maximum atomic E-state index is 13.7. The van der Waals surface area contributed by atoms with Gasteiger partial charge >= 0.3 is 0 Å². The van der Waals surface area contributed by atoms with Crippen molar-refractivity contribution in [1.29, 1.82) is 0 Å². The number of amides is 2. The first-order valence-electron chi connectivity index (χ1n) is 12.3. The molecule has 1 atom stereocenters. The van der Waals surface area contributed by atoms with Gasteiger partial charge in [0.1, 0.15) is 6.04 Å². The van der Waals surface area contributed by atoms with E-state index in [1.54, 1.807) is 16.7 Å². The van der Waals surface area contributed by atoms with Crippen LogP contribution in [-0.4, -0.2) is 35.1 Å². The van der Waals surface area contributed by atoms with Gasteiger partial charge in [-0.2, -0.15) is 0 Å². The molecule has 0 aliphatic carbocycles. The van der Waals surface area contributed by atoms with Crippen molar-refractivity contribution < 1.29 is 9.59 Å². The molecular formula is C30H35BrN2O2S. The van der Waals surface area contributed by atoms with Crippen molar-refractivity contribution in [2.75, 3.05) is 12.3 Å². The molecule has 0 aliphatic heterocycles. The average Bonchev–Trinajstić information content (AvgIpc) is 2.86. The van der Waals surface area contributed by atoms with Crippen molar-refractivity contribution >= 4 is 39.5 Å². The third kappa shape index (κ3) is 9.14. The first kappa shape index (κ1) is 28.0. The predicted molar refractivity (Wildman–Crippen MR) is 154 cm³/mol. The number of halogens is 1. The first-order chi connectivity index (χ1) is 17.3. The fourth-order valence-electron chi connectivity index (χ4n) is 3.90. The highest BCUT2D eigenvalue weighted by atomic mass is 79.9. The van der Waals surface area contributed by atoms with Crippen LogP contribution in [0, 0.1) is 12.8 Å². The van der Waals surface area contributed by atoms with E-state index in [0.29, 0.717) is 31.2 Å². The minimum atomic E-state index is -0.595. The number of benzene rings is 3. The van der Waals surface area contributed by atoms with Crippen LogP contribution >= 0.6 is 27.7 Å². The van der Waals surface area contributed by atoms with Crippen molar-refractivity contribution in [1.82, 2.24) is 10.2 Å².